The Morgan fingerprint density at radius 2 is 1.55 bits per heavy atom. The molecule has 0 atom stereocenters. The molecule has 0 spiro atoms. The van der Waals surface area contributed by atoms with Crippen LogP contribution in [0.4, 0.5) is 13.2 Å². The molecule has 3 rings (SSSR count). The summed E-state index contributed by atoms with van der Waals surface area (Å²) in [5.74, 6) is 0.925. The lowest BCUT2D eigenvalue weighted by atomic mass is 9.73. The van der Waals surface area contributed by atoms with Gasteiger partial charge in [0.05, 0.1) is 0 Å². The van der Waals surface area contributed by atoms with Gasteiger partial charge in [0.15, 0.2) is 17.4 Å². The molecule has 1 saturated carbocycles. The van der Waals surface area contributed by atoms with E-state index in [1.165, 1.54) is 76.3 Å². The fourth-order valence-corrected chi connectivity index (χ4v) is 9.91. The Bertz CT molecular complexity index is 659. The number of aryl methyl sites for hydroxylation is 1. The third kappa shape index (κ3) is 8.63. The summed E-state index contributed by atoms with van der Waals surface area (Å²) in [6, 6.07) is 7.49. The predicted molar refractivity (Wildman–Crippen MR) is 135 cm³/mol. The van der Waals surface area contributed by atoms with Gasteiger partial charge in [-0.1, -0.05) is 82.8 Å². The largest absolute Gasteiger partial charge is 0.485 e. The molecule has 1 nitrogen and oxygen atoms in total. The van der Waals surface area contributed by atoms with E-state index in [0.29, 0.717) is 12.0 Å². The number of unbranched alkanes of at least 4 members (excludes halogenated alkanes) is 3. The van der Waals surface area contributed by atoms with Crippen molar-refractivity contribution in [2.45, 2.75) is 109 Å². The van der Waals surface area contributed by atoms with Crippen molar-refractivity contribution in [1.29, 1.82) is 0 Å². The van der Waals surface area contributed by atoms with Crippen molar-refractivity contribution in [2.75, 3.05) is 13.3 Å². The molecule has 0 radical (unpaired) electrons. The molecule has 0 aromatic heterocycles. The molecule has 1 aromatic rings. The van der Waals surface area contributed by atoms with Gasteiger partial charge >= 0.3 is 0 Å². The first kappa shape index (κ1) is 26.6. The van der Waals surface area contributed by atoms with E-state index in [-0.39, 0.29) is 6.61 Å². The fraction of sp³-hybridized carbons (Fsp3) is 0.786. The molecular weight excluding hydrogens is 437 g/mol. The minimum absolute atomic E-state index is 0.322. The molecule has 0 N–H and O–H groups in total. The quantitative estimate of drug-likeness (QED) is 0.202. The Balaban J connectivity index is 1.29. The van der Waals surface area contributed by atoms with Gasteiger partial charge in [0, 0.05) is 8.80 Å². The molecule has 0 amide bonds. The Labute approximate surface area is 201 Å². The van der Waals surface area contributed by atoms with Crippen LogP contribution in [0, 0.1) is 29.4 Å². The average molecular weight is 483 g/mol. The third-order valence-electron chi connectivity index (χ3n) is 8.37. The van der Waals surface area contributed by atoms with Gasteiger partial charge < -0.3 is 4.74 Å². The zero-order valence-corrected chi connectivity index (χ0v) is 21.9. The summed E-state index contributed by atoms with van der Waals surface area (Å²) in [6.07, 6.45) is 16.9. The van der Waals surface area contributed by atoms with E-state index >= 15 is 0 Å². The van der Waals surface area contributed by atoms with E-state index in [9.17, 15) is 13.2 Å². The lowest BCUT2D eigenvalue weighted by Gasteiger charge is -2.37. The lowest BCUT2D eigenvalue weighted by Crippen LogP contribution is -2.28. The van der Waals surface area contributed by atoms with Crippen molar-refractivity contribution < 1.29 is 17.9 Å². The van der Waals surface area contributed by atoms with E-state index in [1.807, 2.05) is 0 Å². The highest BCUT2D eigenvalue weighted by molar-refractivity contribution is 6.58. The zero-order valence-electron chi connectivity index (χ0n) is 20.7. The molecule has 5 heteroatoms. The second-order valence-corrected chi connectivity index (χ2v) is 14.2. The fourth-order valence-electron chi connectivity index (χ4n) is 6.38. The van der Waals surface area contributed by atoms with Gasteiger partial charge in [-0.3, -0.25) is 0 Å². The van der Waals surface area contributed by atoms with E-state index < -0.39 is 32.9 Å². The first-order valence-corrected chi connectivity index (χ1v) is 16.2. The van der Waals surface area contributed by atoms with Gasteiger partial charge in [0.1, 0.15) is 13.3 Å². The normalized spacial score (nSPS) is 25.8. The van der Waals surface area contributed by atoms with E-state index in [4.69, 9.17) is 4.74 Å². The smallest absolute Gasteiger partial charge is 0.190 e. The molecule has 1 aromatic carbocycles. The van der Waals surface area contributed by atoms with Crippen LogP contribution < -0.4 is 4.74 Å². The van der Waals surface area contributed by atoms with E-state index in [0.717, 1.165) is 30.6 Å². The maximum atomic E-state index is 14.0. The number of ether oxygens (including phenoxy) is 1. The van der Waals surface area contributed by atoms with Crippen LogP contribution in [0.5, 0.6) is 5.75 Å². The Morgan fingerprint density at radius 1 is 0.879 bits per heavy atom. The second kappa shape index (κ2) is 14.4. The lowest BCUT2D eigenvalue weighted by molar-refractivity contribution is 0.184. The number of hydrogen-bond donors (Lipinski definition) is 0. The summed E-state index contributed by atoms with van der Waals surface area (Å²) in [7, 11) is -0.392. The van der Waals surface area contributed by atoms with Crippen molar-refractivity contribution in [2.24, 2.45) is 17.8 Å². The van der Waals surface area contributed by atoms with Gasteiger partial charge in [-0.25, -0.2) is 13.2 Å². The Kier molecular flexibility index (Phi) is 11.6. The molecule has 1 aliphatic heterocycles. The first-order chi connectivity index (χ1) is 16.1. The van der Waals surface area contributed by atoms with Crippen LogP contribution in [0.1, 0.15) is 89.5 Å². The van der Waals surface area contributed by atoms with Crippen LogP contribution in [0.15, 0.2) is 12.1 Å². The molecule has 2 aliphatic rings. The van der Waals surface area contributed by atoms with E-state index in [2.05, 4.69) is 6.92 Å². The van der Waals surface area contributed by atoms with Crippen LogP contribution in [0.2, 0.25) is 18.1 Å². The second-order valence-electron chi connectivity index (χ2n) is 10.7. The molecular formula is C28H45F3OSi. The van der Waals surface area contributed by atoms with Crippen LogP contribution in [0.25, 0.3) is 0 Å². The van der Waals surface area contributed by atoms with Crippen molar-refractivity contribution in [3.05, 3.63) is 29.3 Å². The topological polar surface area (TPSA) is 9.23 Å². The highest BCUT2D eigenvalue weighted by Crippen LogP contribution is 2.42. The maximum Gasteiger partial charge on any atom is 0.190 e. The number of benzene rings is 1. The average Bonchev–Trinajstić information content (AvgIpc) is 2.82. The van der Waals surface area contributed by atoms with Gasteiger partial charge in [-0.15, -0.1) is 0 Å². The molecule has 1 heterocycles. The van der Waals surface area contributed by atoms with Gasteiger partial charge in [0.2, 0.25) is 0 Å². The Hall–Kier alpha value is -0.973. The highest BCUT2D eigenvalue weighted by atomic mass is 28.3. The van der Waals surface area contributed by atoms with Crippen molar-refractivity contribution in [3.8, 4) is 5.75 Å². The highest BCUT2D eigenvalue weighted by Gasteiger charge is 2.30. The number of rotatable bonds is 13. The molecule has 188 valence electrons. The summed E-state index contributed by atoms with van der Waals surface area (Å²) < 4.78 is 45.1. The number of halogens is 3. The van der Waals surface area contributed by atoms with E-state index in [1.54, 1.807) is 18.1 Å². The summed E-state index contributed by atoms with van der Waals surface area (Å²) in [6.45, 7) is 1.23. The minimum atomic E-state index is -0.760. The molecule has 0 unspecified atom stereocenters. The van der Waals surface area contributed by atoms with Crippen molar-refractivity contribution in [1.82, 2.24) is 0 Å². The van der Waals surface area contributed by atoms with Gasteiger partial charge in [-0.2, -0.15) is 0 Å². The van der Waals surface area contributed by atoms with Gasteiger partial charge in [0.25, 0.3) is 0 Å². The SMILES string of the molecule is CCCCC[Si@H]1CC[C@H]([C@H]2CC[C@H](CCCCc3cc(F)c(OCCF)c(F)c3)CC2)CC1. The standard InChI is InChI=1S/C28H45F3OSi/c1-2-3-6-17-33-18-13-25(14-19-33)24-11-9-22(10-12-24)7-4-5-8-23-20-26(30)28(27(31)21-23)32-16-15-29/h20-22,24-25,33H,2-19H2,1H3/t22-,24-,25-,33-. The number of hydrogen-bond acceptors (Lipinski definition) is 1. The monoisotopic (exact) mass is 482 g/mol. The van der Waals surface area contributed by atoms with Crippen LogP contribution in [-0.4, -0.2) is 22.1 Å². The molecule has 1 saturated heterocycles. The summed E-state index contributed by atoms with van der Waals surface area (Å²) in [5.41, 5.74) is 0.662. The van der Waals surface area contributed by atoms with Gasteiger partial charge in [-0.05, 0) is 61.1 Å². The number of alkyl halides is 1. The van der Waals surface area contributed by atoms with Crippen LogP contribution in [-0.2, 0) is 6.42 Å². The maximum absolute atomic E-state index is 14.0. The molecule has 2 fully saturated rings. The first-order valence-electron chi connectivity index (χ1n) is 13.8. The zero-order chi connectivity index (χ0) is 23.5. The molecule has 33 heavy (non-hydrogen) atoms. The summed E-state index contributed by atoms with van der Waals surface area (Å²) in [5, 5.41) is 0. The van der Waals surface area contributed by atoms with Crippen molar-refractivity contribution in [3.63, 3.8) is 0 Å². The summed E-state index contributed by atoms with van der Waals surface area (Å²) in [4.78, 5) is 0. The van der Waals surface area contributed by atoms with Crippen LogP contribution >= 0.6 is 0 Å². The minimum Gasteiger partial charge on any atom is -0.485 e. The third-order valence-corrected chi connectivity index (χ3v) is 11.9. The summed E-state index contributed by atoms with van der Waals surface area (Å²) >= 11 is 0. The molecule has 1 aliphatic carbocycles. The van der Waals surface area contributed by atoms with Crippen molar-refractivity contribution >= 4 is 8.80 Å². The molecule has 0 bridgehead atoms. The predicted octanol–water partition coefficient (Wildman–Crippen LogP) is 8.66. The van der Waals surface area contributed by atoms with Crippen LogP contribution in [0.3, 0.4) is 0 Å². The Morgan fingerprint density at radius 3 is 2.18 bits per heavy atom.